The zero-order valence-corrected chi connectivity index (χ0v) is 12.4. The van der Waals surface area contributed by atoms with Crippen LogP contribution in [0, 0.1) is 5.92 Å². The summed E-state index contributed by atoms with van der Waals surface area (Å²) in [6.45, 7) is 4.92. The Kier molecular flexibility index (Phi) is 5.14. The van der Waals surface area contributed by atoms with Crippen molar-refractivity contribution in [2.75, 3.05) is 6.54 Å². The molecule has 1 aromatic rings. The minimum absolute atomic E-state index is 0.0893. The van der Waals surface area contributed by atoms with Crippen molar-refractivity contribution < 1.29 is 14.3 Å². The maximum Gasteiger partial charge on any atom is 0.338 e. The van der Waals surface area contributed by atoms with Crippen molar-refractivity contribution in [2.24, 2.45) is 5.92 Å². The average molecular weight is 287 g/mol. The molecule has 1 aliphatic rings. The summed E-state index contributed by atoms with van der Waals surface area (Å²) < 4.78 is 5.65. The molecular weight excluding hydrogens is 266 g/mol. The van der Waals surface area contributed by atoms with E-state index in [2.05, 4.69) is 18.7 Å². The van der Waals surface area contributed by atoms with E-state index in [0.29, 0.717) is 5.56 Å². The van der Waals surface area contributed by atoms with Crippen LogP contribution in [0.1, 0.15) is 30.6 Å². The molecule has 0 amide bonds. The van der Waals surface area contributed by atoms with Crippen LogP contribution < -0.4 is 0 Å². The maximum absolute atomic E-state index is 12.1. The third-order valence-corrected chi connectivity index (χ3v) is 3.90. The Bertz CT molecular complexity index is 512. The number of allylic oxidation sites excluding steroid dienone is 1. The van der Waals surface area contributed by atoms with Gasteiger partial charge in [-0.3, -0.25) is 4.79 Å². The first-order chi connectivity index (χ1) is 10.1. The van der Waals surface area contributed by atoms with E-state index in [4.69, 9.17) is 4.74 Å². The number of esters is 1. The Hall–Kier alpha value is -2.10. The van der Waals surface area contributed by atoms with Gasteiger partial charge in [0, 0.05) is 31.1 Å². The standard InChI is InChI=1S/C17H21NO3/c1-13-12-18(9-6-10-19)14(2)11-16(13)21-17(20)15-7-4-3-5-8-15/h3-10,13-14,16H,11-12H2,1-2H3/b9-6+/t13-,14-,16+/m1/s1. The summed E-state index contributed by atoms with van der Waals surface area (Å²) in [5.41, 5.74) is 0.584. The van der Waals surface area contributed by atoms with Gasteiger partial charge < -0.3 is 9.64 Å². The van der Waals surface area contributed by atoms with Gasteiger partial charge in [-0.1, -0.05) is 25.1 Å². The highest BCUT2D eigenvalue weighted by Gasteiger charge is 2.32. The molecule has 0 aromatic heterocycles. The minimum Gasteiger partial charge on any atom is -0.458 e. The van der Waals surface area contributed by atoms with Crippen LogP contribution in [-0.4, -0.2) is 35.8 Å². The average Bonchev–Trinajstić information content (AvgIpc) is 2.50. The van der Waals surface area contributed by atoms with Gasteiger partial charge in [0.15, 0.2) is 0 Å². The smallest absolute Gasteiger partial charge is 0.338 e. The van der Waals surface area contributed by atoms with Crippen LogP contribution in [0.3, 0.4) is 0 Å². The third kappa shape index (κ3) is 3.94. The number of hydrogen-bond acceptors (Lipinski definition) is 4. The van der Waals surface area contributed by atoms with Crippen molar-refractivity contribution in [1.29, 1.82) is 0 Å². The van der Waals surface area contributed by atoms with Crippen LogP contribution in [0.25, 0.3) is 0 Å². The molecule has 0 unspecified atom stereocenters. The van der Waals surface area contributed by atoms with E-state index < -0.39 is 0 Å². The van der Waals surface area contributed by atoms with Crippen LogP contribution in [0.15, 0.2) is 42.6 Å². The molecule has 4 heteroatoms. The van der Waals surface area contributed by atoms with E-state index in [1.807, 2.05) is 24.4 Å². The van der Waals surface area contributed by atoms with Crippen molar-refractivity contribution >= 4 is 12.3 Å². The maximum atomic E-state index is 12.1. The number of nitrogens with zero attached hydrogens (tertiary/aromatic N) is 1. The van der Waals surface area contributed by atoms with Gasteiger partial charge in [-0.15, -0.1) is 0 Å². The lowest BCUT2D eigenvalue weighted by molar-refractivity contribution is -0.104. The predicted octanol–water partition coefficient (Wildman–Crippen LogP) is 2.65. The summed E-state index contributed by atoms with van der Waals surface area (Å²) in [5.74, 6) is -0.0401. The molecule has 0 N–H and O–H groups in total. The first-order valence-electron chi connectivity index (χ1n) is 7.25. The van der Waals surface area contributed by atoms with Gasteiger partial charge in [0.25, 0.3) is 0 Å². The van der Waals surface area contributed by atoms with Crippen LogP contribution >= 0.6 is 0 Å². The fourth-order valence-corrected chi connectivity index (χ4v) is 2.63. The number of likely N-dealkylation sites (tertiary alicyclic amines) is 1. The predicted molar refractivity (Wildman–Crippen MR) is 80.8 cm³/mol. The minimum atomic E-state index is -0.267. The van der Waals surface area contributed by atoms with Crippen LogP contribution in [-0.2, 0) is 9.53 Å². The zero-order chi connectivity index (χ0) is 15.2. The Morgan fingerprint density at radius 1 is 1.29 bits per heavy atom. The van der Waals surface area contributed by atoms with Crippen molar-refractivity contribution in [3.8, 4) is 0 Å². The number of carbonyl (C=O) groups is 2. The van der Waals surface area contributed by atoms with Gasteiger partial charge in [-0.25, -0.2) is 4.79 Å². The molecule has 0 radical (unpaired) electrons. The highest BCUT2D eigenvalue weighted by Crippen LogP contribution is 2.25. The summed E-state index contributed by atoms with van der Waals surface area (Å²) >= 11 is 0. The molecule has 1 aromatic carbocycles. The summed E-state index contributed by atoms with van der Waals surface area (Å²) in [6, 6.07) is 9.30. The molecule has 1 saturated heterocycles. The van der Waals surface area contributed by atoms with Crippen LogP contribution in [0.4, 0.5) is 0 Å². The molecule has 1 aliphatic heterocycles. The quantitative estimate of drug-likeness (QED) is 0.485. The number of aldehydes is 1. The summed E-state index contributed by atoms with van der Waals surface area (Å²) in [7, 11) is 0. The van der Waals surface area contributed by atoms with Crippen molar-refractivity contribution in [1.82, 2.24) is 4.90 Å². The second-order valence-corrected chi connectivity index (χ2v) is 5.55. The Balaban J connectivity index is 1.98. The lowest BCUT2D eigenvalue weighted by Crippen LogP contribution is -2.46. The molecule has 21 heavy (non-hydrogen) atoms. The molecule has 2 rings (SSSR count). The lowest BCUT2D eigenvalue weighted by atomic mass is 9.92. The monoisotopic (exact) mass is 287 g/mol. The van der Waals surface area contributed by atoms with Gasteiger partial charge in [0.1, 0.15) is 12.4 Å². The highest BCUT2D eigenvalue weighted by molar-refractivity contribution is 5.89. The van der Waals surface area contributed by atoms with Crippen molar-refractivity contribution in [2.45, 2.75) is 32.4 Å². The van der Waals surface area contributed by atoms with Crippen LogP contribution in [0.2, 0.25) is 0 Å². The first kappa shape index (κ1) is 15.3. The largest absolute Gasteiger partial charge is 0.458 e. The van der Waals surface area contributed by atoms with Gasteiger partial charge in [0.2, 0.25) is 0 Å². The van der Waals surface area contributed by atoms with E-state index in [0.717, 1.165) is 19.3 Å². The van der Waals surface area contributed by atoms with Gasteiger partial charge >= 0.3 is 5.97 Å². The fourth-order valence-electron chi connectivity index (χ4n) is 2.63. The molecule has 0 aliphatic carbocycles. The second kappa shape index (κ2) is 7.07. The second-order valence-electron chi connectivity index (χ2n) is 5.55. The Morgan fingerprint density at radius 2 is 2.00 bits per heavy atom. The molecule has 4 nitrogen and oxygen atoms in total. The van der Waals surface area contributed by atoms with Crippen molar-refractivity contribution in [3.05, 3.63) is 48.2 Å². The number of rotatable bonds is 4. The van der Waals surface area contributed by atoms with E-state index in [9.17, 15) is 9.59 Å². The molecule has 112 valence electrons. The summed E-state index contributed by atoms with van der Waals surface area (Å²) in [6.07, 6.45) is 4.76. The van der Waals surface area contributed by atoms with E-state index in [-0.39, 0.29) is 24.0 Å². The normalized spacial score (nSPS) is 25.8. The van der Waals surface area contributed by atoms with Gasteiger partial charge in [-0.2, -0.15) is 0 Å². The lowest BCUT2D eigenvalue weighted by Gasteiger charge is -2.40. The Morgan fingerprint density at radius 3 is 2.67 bits per heavy atom. The van der Waals surface area contributed by atoms with Gasteiger partial charge in [0.05, 0.1) is 5.56 Å². The van der Waals surface area contributed by atoms with Gasteiger partial charge in [-0.05, 0) is 25.1 Å². The molecule has 0 saturated carbocycles. The zero-order valence-electron chi connectivity index (χ0n) is 12.4. The number of piperidine rings is 1. The molecule has 1 fully saturated rings. The summed E-state index contributed by atoms with van der Waals surface area (Å²) in [5, 5.41) is 0. The summed E-state index contributed by atoms with van der Waals surface area (Å²) in [4.78, 5) is 24.7. The third-order valence-electron chi connectivity index (χ3n) is 3.90. The number of ether oxygens (including phenoxy) is 1. The van der Waals surface area contributed by atoms with E-state index in [1.54, 1.807) is 12.1 Å². The molecule has 1 heterocycles. The van der Waals surface area contributed by atoms with E-state index in [1.165, 1.54) is 6.08 Å². The number of hydrogen-bond donors (Lipinski definition) is 0. The van der Waals surface area contributed by atoms with Crippen LogP contribution in [0.5, 0.6) is 0 Å². The fraction of sp³-hybridized carbons (Fsp3) is 0.412. The Labute approximate surface area is 125 Å². The number of benzene rings is 1. The molecule has 3 atom stereocenters. The first-order valence-corrected chi connectivity index (χ1v) is 7.25. The van der Waals surface area contributed by atoms with Crippen molar-refractivity contribution in [3.63, 3.8) is 0 Å². The van der Waals surface area contributed by atoms with E-state index >= 15 is 0 Å². The SMILES string of the molecule is C[C@@H]1CN(/C=C/C=O)[C@H](C)C[C@@H]1OC(=O)c1ccccc1. The number of carbonyl (C=O) groups excluding carboxylic acids is 2. The highest BCUT2D eigenvalue weighted by atomic mass is 16.5. The molecule has 0 spiro atoms. The molecular formula is C17H21NO3. The molecule has 0 bridgehead atoms. The topological polar surface area (TPSA) is 46.6 Å².